The lowest BCUT2D eigenvalue weighted by Crippen LogP contribution is -2.43. The molecule has 3 nitrogen and oxygen atoms in total. The van der Waals surface area contributed by atoms with Gasteiger partial charge in [0, 0.05) is 7.11 Å². The van der Waals surface area contributed by atoms with E-state index in [9.17, 15) is 8.78 Å². The van der Waals surface area contributed by atoms with Gasteiger partial charge in [-0.25, -0.2) is 8.78 Å². The van der Waals surface area contributed by atoms with E-state index in [4.69, 9.17) is 11.0 Å². The Morgan fingerprint density at radius 1 is 1.75 bits per heavy atom. The summed E-state index contributed by atoms with van der Waals surface area (Å²) in [5, 5.41) is 8.31. The first kappa shape index (κ1) is 11.0. The number of rotatable bonds is 4. The number of halogens is 2. The minimum absolute atomic E-state index is 0.160. The molecule has 68 valence electrons. The van der Waals surface area contributed by atoms with Crippen molar-refractivity contribution in [3.05, 3.63) is 12.2 Å². The summed E-state index contributed by atoms with van der Waals surface area (Å²) < 4.78 is 28.7. The molecule has 0 aliphatic carbocycles. The highest BCUT2D eigenvalue weighted by Gasteiger charge is 2.32. The molecule has 0 aromatic carbocycles. The molecular weight excluding hydrogens is 166 g/mol. The standard InChI is InChI=1S/C7H10F2N2O/c1-12-4-2-3-7(11,5-10)6(8)9/h2-3,6H,4,11H2,1H3/b3-2+. The SMILES string of the molecule is COC/C=C/C(N)(C#N)C(F)F. The Hall–Kier alpha value is -0.990. The van der Waals surface area contributed by atoms with Crippen molar-refractivity contribution in [3.63, 3.8) is 0 Å². The van der Waals surface area contributed by atoms with Gasteiger partial charge in [0.2, 0.25) is 0 Å². The van der Waals surface area contributed by atoms with Crippen LogP contribution in [0.1, 0.15) is 0 Å². The van der Waals surface area contributed by atoms with Gasteiger partial charge in [-0.15, -0.1) is 0 Å². The van der Waals surface area contributed by atoms with Crippen LogP contribution < -0.4 is 5.73 Å². The second kappa shape index (κ2) is 4.80. The zero-order valence-corrected chi connectivity index (χ0v) is 6.63. The minimum atomic E-state index is -2.89. The van der Waals surface area contributed by atoms with Gasteiger partial charge in [-0.1, -0.05) is 6.08 Å². The second-order valence-corrected chi connectivity index (χ2v) is 2.20. The Bertz CT molecular complexity index is 200. The van der Waals surface area contributed by atoms with E-state index in [1.807, 2.05) is 0 Å². The third-order valence-corrected chi connectivity index (χ3v) is 1.21. The van der Waals surface area contributed by atoms with Gasteiger partial charge < -0.3 is 10.5 Å². The van der Waals surface area contributed by atoms with Crippen molar-refractivity contribution in [2.75, 3.05) is 13.7 Å². The quantitative estimate of drug-likeness (QED) is 0.640. The number of methoxy groups -OCH3 is 1. The first-order chi connectivity index (χ1) is 5.56. The highest BCUT2D eigenvalue weighted by Crippen LogP contribution is 2.12. The Labute approximate surface area is 69.4 Å². The largest absolute Gasteiger partial charge is 0.381 e. The van der Waals surface area contributed by atoms with E-state index in [2.05, 4.69) is 4.74 Å². The summed E-state index contributed by atoms with van der Waals surface area (Å²) in [5.41, 5.74) is 2.83. The van der Waals surface area contributed by atoms with Crippen LogP contribution >= 0.6 is 0 Å². The molecule has 0 aliphatic rings. The Balaban J connectivity index is 4.26. The summed E-state index contributed by atoms with van der Waals surface area (Å²) in [5.74, 6) is 0. The molecule has 12 heavy (non-hydrogen) atoms. The van der Waals surface area contributed by atoms with Gasteiger partial charge in [-0.3, -0.25) is 0 Å². The average Bonchev–Trinajstić information content (AvgIpc) is 2.04. The molecule has 1 unspecified atom stereocenters. The molecule has 0 rings (SSSR count). The van der Waals surface area contributed by atoms with Crippen LogP contribution in [0.15, 0.2) is 12.2 Å². The van der Waals surface area contributed by atoms with E-state index in [0.717, 1.165) is 6.08 Å². The van der Waals surface area contributed by atoms with Gasteiger partial charge in [0.1, 0.15) is 0 Å². The molecule has 0 aliphatic heterocycles. The average molecular weight is 176 g/mol. The van der Waals surface area contributed by atoms with Crippen molar-refractivity contribution >= 4 is 0 Å². The zero-order valence-electron chi connectivity index (χ0n) is 6.63. The van der Waals surface area contributed by atoms with Crippen LogP contribution in [0.25, 0.3) is 0 Å². The van der Waals surface area contributed by atoms with Gasteiger partial charge >= 0.3 is 0 Å². The lowest BCUT2D eigenvalue weighted by molar-refractivity contribution is 0.105. The van der Waals surface area contributed by atoms with Gasteiger partial charge in [0.15, 0.2) is 5.54 Å². The number of hydrogen-bond acceptors (Lipinski definition) is 3. The van der Waals surface area contributed by atoms with Crippen LogP contribution in [0, 0.1) is 11.3 Å². The fraction of sp³-hybridized carbons (Fsp3) is 0.571. The molecule has 0 saturated carbocycles. The number of alkyl halides is 2. The zero-order chi connectivity index (χ0) is 9.61. The second-order valence-electron chi connectivity index (χ2n) is 2.20. The summed E-state index contributed by atoms with van der Waals surface area (Å²) in [6, 6.07) is 1.32. The van der Waals surface area contributed by atoms with Gasteiger partial charge in [-0.05, 0) is 6.08 Å². The number of nitriles is 1. The van der Waals surface area contributed by atoms with E-state index < -0.39 is 12.0 Å². The third-order valence-electron chi connectivity index (χ3n) is 1.21. The van der Waals surface area contributed by atoms with Gasteiger partial charge in [0.05, 0.1) is 12.7 Å². The molecule has 0 radical (unpaired) electrons. The summed E-state index contributed by atoms with van der Waals surface area (Å²) >= 11 is 0. The maximum Gasteiger partial charge on any atom is 0.273 e. The van der Waals surface area contributed by atoms with Crippen LogP contribution in [0.2, 0.25) is 0 Å². The molecule has 5 heteroatoms. The monoisotopic (exact) mass is 176 g/mol. The van der Waals surface area contributed by atoms with Crippen molar-refractivity contribution in [2.24, 2.45) is 5.73 Å². The molecule has 1 atom stereocenters. The summed E-state index contributed by atoms with van der Waals surface area (Å²) in [4.78, 5) is 0. The van der Waals surface area contributed by atoms with E-state index in [1.165, 1.54) is 19.3 Å². The summed E-state index contributed by atoms with van der Waals surface area (Å²) in [7, 11) is 1.41. The Morgan fingerprint density at radius 2 is 2.33 bits per heavy atom. The maximum atomic E-state index is 12.1. The first-order valence-electron chi connectivity index (χ1n) is 3.21. The van der Waals surface area contributed by atoms with E-state index in [1.54, 1.807) is 0 Å². The molecule has 0 saturated heterocycles. The normalized spacial score (nSPS) is 16.3. The lowest BCUT2D eigenvalue weighted by atomic mass is 10.0. The van der Waals surface area contributed by atoms with Gasteiger partial charge in [0.25, 0.3) is 6.43 Å². The van der Waals surface area contributed by atoms with Crippen molar-refractivity contribution in [1.82, 2.24) is 0 Å². The fourth-order valence-corrected chi connectivity index (χ4v) is 0.498. The molecule has 0 amide bonds. The number of nitrogens with two attached hydrogens (primary N) is 1. The number of nitrogens with zero attached hydrogens (tertiary/aromatic N) is 1. The highest BCUT2D eigenvalue weighted by molar-refractivity contribution is 5.20. The molecule has 0 spiro atoms. The van der Waals surface area contributed by atoms with E-state index in [-0.39, 0.29) is 6.61 Å². The van der Waals surface area contributed by atoms with Crippen molar-refractivity contribution in [2.45, 2.75) is 12.0 Å². The summed E-state index contributed by atoms with van der Waals surface area (Å²) in [6.07, 6.45) is -0.660. The Kier molecular flexibility index (Phi) is 4.40. The summed E-state index contributed by atoms with van der Waals surface area (Å²) in [6.45, 7) is 0.160. The first-order valence-corrected chi connectivity index (χ1v) is 3.21. The number of hydrogen-bond donors (Lipinski definition) is 1. The predicted molar refractivity (Wildman–Crippen MR) is 39.6 cm³/mol. The fourth-order valence-electron chi connectivity index (χ4n) is 0.498. The highest BCUT2D eigenvalue weighted by atomic mass is 19.3. The van der Waals surface area contributed by atoms with Crippen molar-refractivity contribution in [1.29, 1.82) is 5.26 Å². The van der Waals surface area contributed by atoms with E-state index in [0.29, 0.717) is 0 Å². The molecule has 0 fully saturated rings. The van der Waals surface area contributed by atoms with Crippen LogP contribution in [0.4, 0.5) is 8.78 Å². The van der Waals surface area contributed by atoms with Crippen molar-refractivity contribution in [3.8, 4) is 6.07 Å². The molecular formula is C7H10F2N2O. The number of ether oxygens (including phenoxy) is 1. The smallest absolute Gasteiger partial charge is 0.273 e. The van der Waals surface area contributed by atoms with Crippen LogP contribution in [0.3, 0.4) is 0 Å². The van der Waals surface area contributed by atoms with Crippen LogP contribution in [-0.4, -0.2) is 25.7 Å². The molecule has 0 aromatic heterocycles. The minimum Gasteiger partial charge on any atom is -0.381 e. The molecule has 0 aromatic rings. The topological polar surface area (TPSA) is 59.0 Å². The third kappa shape index (κ3) is 2.95. The van der Waals surface area contributed by atoms with Crippen molar-refractivity contribution < 1.29 is 13.5 Å². The van der Waals surface area contributed by atoms with E-state index >= 15 is 0 Å². The predicted octanol–water partition coefficient (Wildman–Crippen LogP) is 0.675. The molecule has 2 N–H and O–H groups in total. The molecule has 0 heterocycles. The maximum absolute atomic E-state index is 12.1. The van der Waals surface area contributed by atoms with Crippen LogP contribution in [0.5, 0.6) is 0 Å². The molecule has 0 bridgehead atoms. The van der Waals surface area contributed by atoms with Crippen LogP contribution in [-0.2, 0) is 4.74 Å². The Morgan fingerprint density at radius 3 is 2.67 bits per heavy atom. The van der Waals surface area contributed by atoms with Gasteiger partial charge in [-0.2, -0.15) is 5.26 Å². The lowest BCUT2D eigenvalue weighted by Gasteiger charge is -2.14.